The quantitative estimate of drug-likeness (QED) is 0.339. The van der Waals surface area contributed by atoms with Crippen LogP contribution in [-0.4, -0.2) is 71.3 Å². The summed E-state index contributed by atoms with van der Waals surface area (Å²) in [5, 5.41) is 9.27. The second kappa shape index (κ2) is 10.9. The van der Waals surface area contributed by atoms with E-state index in [1.54, 1.807) is 9.80 Å². The number of ether oxygens (including phenoxy) is 2. The minimum absolute atomic E-state index is 0.0771. The molecule has 1 unspecified atom stereocenters. The third-order valence-electron chi connectivity index (χ3n) is 8.71. The highest BCUT2D eigenvalue weighted by molar-refractivity contribution is 6.06. The van der Waals surface area contributed by atoms with Crippen LogP contribution in [-0.2, 0) is 23.9 Å². The molecule has 1 spiro atoms. The topological polar surface area (TPSA) is 96.4 Å². The lowest BCUT2D eigenvalue weighted by molar-refractivity contribution is -0.158. The fraction of sp³-hybridized carbons (Fsp3) is 0.581. The van der Waals surface area contributed by atoms with Gasteiger partial charge in [-0.2, -0.15) is 0 Å². The van der Waals surface area contributed by atoms with E-state index in [2.05, 4.69) is 0 Å². The van der Waals surface area contributed by atoms with Gasteiger partial charge in [0.05, 0.1) is 18.1 Å². The fourth-order valence-corrected chi connectivity index (χ4v) is 6.83. The number of carbonyl (C=O) groups is 3. The van der Waals surface area contributed by atoms with Gasteiger partial charge in [0.1, 0.15) is 17.6 Å². The normalized spacial score (nSPS) is 33.3. The van der Waals surface area contributed by atoms with E-state index in [4.69, 9.17) is 9.47 Å². The van der Waals surface area contributed by atoms with Gasteiger partial charge < -0.3 is 24.4 Å². The third kappa shape index (κ3) is 4.72. The smallest absolute Gasteiger partial charge is 0.313 e. The van der Waals surface area contributed by atoms with Crippen LogP contribution in [0.5, 0.6) is 0 Å². The molecule has 0 aromatic heterocycles. The number of benzene rings is 1. The summed E-state index contributed by atoms with van der Waals surface area (Å²) < 4.78 is 12.5. The molecule has 5 rings (SSSR count). The number of aryl methyl sites for hydroxylation is 2. The van der Waals surface area contributed by atoms with E-state index >= 15 is 0 Å². The van der Waals surface area contributed by atoms with Gasteiger partial charge in [-0.1, -0.05) is 36.4 Å². The Kier molecular flexibility index (Phi) is 7.71. The summed E-state index contributed by atoms with van der Waals surface area (Å²) >= 11 is 0. The van der Waals surface area contributed by atoms with Crippen LogP contribution >= 0.6 is 0 Å². The minimum Gasteiger partial charge on any atom is -0.465 e. The molecule has 210 valence electrons. The zero-order chi connectivity index (χ0) is 27.8. The molecule has 39 heavy (non-hydrogen) atoms. The molecule has 4 aliphatic rings. The summed E-state index contributed by atoms with van der Waals surface area (Å²) in [6.07, 6.45) is 12.2. The first kappa shape index (κ1) is 27.6. The number of aliphatic hydroxyl groups excluding tert-OH is 1. The van der Waals surface area contributed by atoms with E-state index in [0.717, 1.165) is 42.5 Å². The number of cyclic esters (lactones) is 1. The first-order valence-corrected chi connectivity index (χ1v) is 14.3. The van der Waals surface area contributed by atoms with Gasteiger partial charge in [0, 0.05) is 25.4 Å². The van der Waals surface area contributed by atoms with Crippen LogP contribution in [0.1, 0.15) is 56.6 Å². The van der Waals surface area contributed by atoms with E-state index in [1.165, 1.54) is 0 Å². The number of rotatable bonds is 6. The Morgan fingerprint density at radius 3 is 2.62 bits per heavy atom. The Morgan fingerprint density at radius 1 is 1.00 bits per heavy atom. The van der Waals surface area contributed by atoms with Crippen molar-refractivity contribution < 1.29 is 29.0 Å². The number of anilines is 1. The number of unbranched alkanes of at least 4 members (excludes halogenated alkanes) is 2. The molecule has 1 N–H and O–H groups in total. The lowest BCUT2D eigenvalue weighted by Crippen LogP contribution is -2.56. The van der Waals surface area contributed by atoms with Crippen molar-refractivity contribution in [3.8, 4) is 0 Å². The Bertz CT molecular complexity index is 1190. The summed E-state index contributed by atoms with van der Waals surface area (Å²) in [6.45, 7) is 6.87. The van der Waals surface area contributed by atoms with Gasteiger partial charge in [0.25, 0.3) is 5.91 Å². The first-order chi connectivity index (χ1) is 18.7. The molecule has 1 aromatic carbocycles. The molecule has 4 heterocycles. The minimum atomic E-state index is -1.30. The lowest BCUT2D eigenvalue weighted by atomic mass is 9.74. The van der Waals surface area contributed by atoms with Gasteiger partial charge >= 0.3 is 5.97 Å². The van der Waals surface area contributed by atoms with Crippen molar-refractivity contribution >= 4 is 23.5 Å². The molecule has 0 radical (unpaired) electrons. The molecule has 8 heteroatoms. The van der Waals surface area contributed by atoms with Crippen molar-refractivity contribution in [2.24, 2.45) is 11.8 Å². The van der Waals surface area contributed by atoms with E-state index in [1.807, 2.05) is 63.3 Å². The van der Waals surface area contributed by atoms with Crippen LogP contribution < -0.4 is 4.90 Å². The van der Waals surface area contributed by atoms with E-state index in [9.17, 15) is 19.5 Å². The zero-order valence-electron chi connectivity index (χ0n) is 23.2. The van der Waals surface area contributed by atoms with Crippen LogP contribution in [0.4, 0.5) is 5.69 Å². The van der Waals surface area contributed by atoms with Crippen LogP contribution in [0.3, 0.4) is 0 Å². The average molecular weight is 537 g/mol. The van der Waals surface area contributed by atoms with E-state index in [0.29, 0.717) is 32.5 Å². The number of likely N-dealkylation sites (tertiary alicyclic amines) is 1. The van der Waals surface area contributed by atoms with E-state index in [-0.39, 0.29) is 18.4 Å². The zero-order valence-corrected chi connectivity index (χ0v) is 23.2. The number of fused-ring (bicyclic) bond motifs is 2. The molecule has 4 aliphatic heterocycles. The van der Waals surface area contributed by atoms with Gasteiger partial charge in [-0.3, -0.25) is 14.4 Å². The van der Waals surface area contributed by atoms with Crippen LogP contribution in [0.25, 0.3) is 0 Å². The van der Waals surface area contributed by atoms with E-state index < -0.39 is 35.0 Å². The summed E-state index contributed by atoms with van der Waals surface area (Å²) in [6, 6.07) is 5.09. The summed E-state index contributed by atoms with van der Waals surface area (Å²) in [5.41, 5.74) is 0.424. The first-order valence-electron chi connectivity index (χ1n) is 14.3. The maximum Gasteiger partial charge on any atom is 0.313 e. The standard InChI is InChI=1S/C31H40N2O6/c1-21-12-13-22(2)23(20-21)32-17-11-15-31-24(27(35)33(26(31)28(32)36)16-8-6-9-18-34)25-29(37)38-19-10-5-4-7-14-30(25,3)39-31/h7,11-15,20,24-26,34H,4-6,8-10,16-19H2,1-3H3/b14-7-/t24-,25+,26?,30-,31-/m0/s1. The highest BCUT2D eigenvalue weighted by Crippen LogP contribution is 2.57. The number of nitrogens with zero attached hydrogens (tertiary/aromatic N) is 2. The number of carbonyl (C=O) groups excluding carboxylic acids is 3. The SMILES string of the molecule is Cc1ccc(C)c(N2CC=C[C@]34O[C@@]5(C)/C=C\CCCCOC(=O)[C@H]5[C@H]3C(=O)N(CCCCCO)C4C2=O)c1. The largest absolute Gasteiger partial charge is 0.465 e. The van der Waals surface area contributed by atoms with Gasteiger partial charge in [-0.15, -0.1) is 0 Å². The predicted octanol–water partition coefficient (Wildman–Crippen LogP) is 3.62. The molecular weight excluding hydrogens is 496 g/mol. The molecule has 2 saturated heterocycles. The molecule has 5 atom stereocenters. The third-order valence-corrected chi connectivity index (χ3v) is 8.71. The number of aliphatic hydroxyl groups is 1. The Morgan fingerprint density at radius 2 is 1.82 bits per heavy atom. The van der Waals surface area contributed by atoms with Crippen LogP contribution in [0.2, 0.25) is 0 Å². The number of amides is 2. The highest BCUT2D eigenvalue weighted by atomic mass is 16.6. The molecule has 2 amide bonds. The molecule has 0 bridgehead atoms. The summed E-state index contributed by atoms with van der Waals surface area (Å²) in [5.74, 6) is -2.65. The molecular formula is C31H40N2O6. The van der Waals surface area contributed by atoms with Crippen molar-refractivity contribution in [2.75, 3.05) is 31.2 Å². The fourth-order valence-electron chi connectivity index (χ4n) is 6.83. The monoisotopic (exact) mass is 536 g/mol. The maximum atomic E-state index is 14.5. The summed E-state index contributed by atoms with van der Waals surface area (Å²) in [4.78, 5) is 45.8. The predicted molar refractivity (Wildman–Crippen MR) is 147 cm³/mol. The highest BCUT2D eigenvalue weighted by Gasteiger charge is 2.74. The summed E-state index contributed by atoms with van der Waals surface area (Å²) in [7, 11) is 0. The van der Waals surface area contributed by atoms with Crippen molar-refractivity contribution in [3.05, 3.63) is 53.6 Å². The molecule has 1 aromatic rings. The Labute approximate surface area is 230 Å². The van der Waals surface area contributed by atoms with Gasteiger partial charge in [-0.25, -0.2) is 0 Å². The Hall–Kier alpha value is -2.97. The number of allylic oxidation sites excluding steroid dienone is 1. The lowest BCUT2D eigenvalue weighted by Gasteiger charge is -2.38. The van der Waals surface area contributed by atoms with Crippen molar-refractivity contribution in [3.63, 3.8) is 0 Å². The van der Waals surface area contributed by atoms with Gasteiger partial charge in [0.15, 0.2) is 0 Å². The second-order valence-electron chi connectivity index (χ2n) is 11.5. The average Bonchev–Trinajstić information content (AvgIpc) is 3.23. The number of esters is 1. The maximum absolute atomic E-state index is 14.5. The molecule has 2 fully saturated rings. The number of hydrogen-bond acceptors (Lipinski definition) is 6. The second-order valence-corrected chi connectivity index (χ2v) is 11.5. The van der Waals surface area contributed by atoms with Crippen molar-refractivity contribution in [2.45, 2.75) is 76.5 Å². The van der Waals surface area contributed by atoms with Crippen LogP contribution in [0.15, 0.2) is 42.5 Å². The van der Waals surface area contributed by atoms with Crippen molar-refractivity contribution in [1.82, 2.24) is 4.90 Å². The molecule has 0 saturated carbocycles. The van der Waals surface area contributed by atoms with Gasteiger partial charge in [-0.05, 0) is 76.5 Å². The molecule has 0 aliphatic carbocycles. The van der Waals surface area contributed by atoms with Crippen LogP contribution in [0, 0.1) is 25.7 Å². The van der Waals surface area contributed by atoms with Crippen molar-refractivity contribution in [1.29, 1.82) is 0 Å². The molecule has 8 nitrogen and oxygen atoms in total. The van der Waals surface area contributed by atoms with Gasteiger partial charge in [0.2, 0.25) is 5.91 Å². The Balaban J connectivity index is 1.61. The number of hydrogen-bond donors (Lipinski definition) is 1.